The van der Waals surface area contributed by atoms with Crippen molar-refractivity contribution in [1.29, 1.82) is 0 Å². The van der Waals surface area contributed by atoms with E-state index in [1.807, 2.05) is 0 Å². The third kappa shape index (κ3) is 3.79. The standard InChI is InChI=1S/C15H15N5O4S2/c1-9(15-18-13(19-24-15)11-5-3-4-6-17-11)20-26(22,23)10-7-12(25-8-10)14(21)16-2/h3-9,20H,1-2H3,(H,16,21)/t9-/m1/s1. The van der Waals surface area contributed by atoms with Crippen LogP contribution in [-0.2, 0) is 10.0 Å². The van der Waals surface area contributed by atoms with E-state index >= 15 is 0 Å². The zero-order valence-electron chi connectivity index (χ0n) is 13.8. The van der Waals surface area contributed by atoms with Gasteiger partial charge >= 0.3 is 0 Å². The topological polar surface area (TPSA) is 127 Å². The van der Waals surface area contributed by atoms with Crippen LogP contribution in [0.5, 0.6) is 0 Å². The molecule has 0 saturated heterocycles. The first-order chi connectivity index (χ1) is 12.4. The molecule has 0 spiro atoms. The van der Waals surface area contributed by atoms with Crippen molar-refractivity contribution >= 4 is 27.3 Å². The summed E-state index contributed by atoms with van der Waals surface area (Å²) in [7, 11) is -2.37. The number of aromatic nitrogens is 3. The van der Waals surface area contributed by atoms with Crippen molar-refractivity contribution in [3.8, 4) is 11.5 Å². The van der Waals surface area contributed by atoms with Crippen molar-refractivity contribution in [2.75, 3.05) is 7.05 Å². The highest BCUT2D eigenvalue weighted by Gasteiger charge is 2.24. The fourth-order valence-corrected chi connectivity index (χ4v) is 4.48. The van der Waals surface area contributed by atoms with Crippen molar-refractivity contribution in [2.45, 2.75) is 17.9 Å². The Morgan fingerprint density at radius 3 is 2.85 bits per heavy atom. The van der Waals surface area contributed by atoms with Crippen molar-refractivity contribution in [1.82, 2.24) is 25.2 Å². The molecule has 0 aliphatic carbocycles. The van der Waals surface area contributed by atoms with Crippen LogP contribution in [0.1, 0.15) is 28.5 Å². The van der Waals surface area contributed by atoms with Gasteiger partial charge in [0.15, 0.2) is 0 Å². The lowest BCUT2D eigenvalue weighted by molar-refractivity contribution is 0.0967. The number of hydrogen-bond acceptors (Lipinski definition) is 8. The van der Waals surface area contributed by atoms with E-state index in [4.69, 9.17) is 4.52 Å². The Morgan fingerprint density at radius 1 is 1.35 bits per heavy atom. The third-order valence-electron chi connectivity index (χ3n) is 3.37. The first-order valence-corrected chi connectivity index (χ1v) is 9.85. The summed E-state index contributed by atoms with van der Waals surface area (Å²) in [5.41, 5.74) is 0.519. The van der Waals surface area contributed by atoms with Crippen LogP contribution in [0.4, 0.5) is 0 Å². The minimum atomic E-state index is -3.85. The smallest absolute Gasteiger partial charge is 0.261 e. The molecule has 0 aliphatic heterocycles. The van der Waals surface area contributed by atoms with Gasteiger partial charge in [0.25, 0.3) is 5.91 Å². The van der Waals surface area contributed by atoms with Crippen LogP contribution in [0.3, 0.4) is 0 Å². The Hall–Kier alpha value is -2.63. The molecule has 0 saturated carbocycles. The summed E-state index contributed by atoms with van der Waals surface area (Å²) in [6.07, 6.45) is 1.60. The summed E-state index contributed by atoms with van der Waals surface area (Å²) in [5, 5.41) is 7.66. The average Bonchev–Trinajstić information content (AvgIpc) is 3.31. The number of pyridine rings is 1. The third-order valence-corrected chi connectivity index (χ3v) is 5.97. The van der Waals surface area contributed by atoms with Gasteiger partial charge < -0.3 is 9.84 Å². The molecule has 26 heavy (non-hydrogen) atoms. The number of amides is 1. The summed E-state index contributed by atoms with van der Waals surface area (Å²) in [4.78, 5) is 20.2. The average molecular weight is 393 g/mol. The van der Waals surface area contributed by atoms with Gasteiger partial charge in [-0.05, 0) is 25.1 Å². The number of sulfonamides is 1. The lowest BCUT2D eigenvalue weighted by atomic mass is 10.3. The fraction of sp³-hybridized carbons (Fsp3) is 0.200. The molecule has 0 bridgehead atoms. The van der Waals surface area contributed by atoms with Gasteiger partial charge in [0.2, 0.25) is 21.7 Å². The van der Waals surface area contributed by atoms with E-state index in [0.717, 1.165) is 11.3 Å². The summed E-state index contributed by atoms with van der Waals surface area (Å²) >= 11 is 1.04. The molecule has 3 heterocycles. The molecule has 0 fully saturated rings. The molecular formula is C15H15N5O4S2. The Balaban J connectivity index is 1.77. The van der Waals surface area contributed by atoms with Gasteiger partial charge in [0.1, 0.15) is 5.69 Å². The van der Waals surface area contributed by atoms with E-state index in [2.05, 4.69) is 25.2 Å². The maximum atomic E-state index is 12.5. The first-order valence-electron chi connectivity index (χ1n) is 7.48. The molecular weight excluding hydrogens is 378 g/mol. The highest BCUT2D eigenvalue weighted by atomic mass is 32.2. The van der Waals surface area contributed by atoms with E-state index in [0.29, 0.717) is 10.6 Å². The van der Waals surface area contributed by atoms with Crippen molar-refractivity contribution in [2.24, 2.45) is 0 Å². The quantitative estimate of drug-likeness (QED) is 0.651. The molecule has 3 rings (SSSR count). The lowest BCUT2D eigenvalue weighted by Crippen LogP contribution is -2.27. The minimum absolute atomic E-state index is 0.00239. The van der Waals surface area contributed by atoms with Crippen LogP contribution < -0.4 is 10.0 Å². The molecule has 136 valence electrons. The number of nitrogens with one attached hydrogen (secondary N) is 2. The number of carbonyl (C=O) groups is 1. The predicted octanol–water partition coefficient (Wildman–Crippen LogP) is 1.59. The zero-order chi connectivity index (χ0) is 18.7. The van der Waals surface area contributed by atoms with Crippen molar-refractivity contribution < 1.29 is 17.7 Å². The van der Waals surface area contributed by atoms with E-state index < -0.39 is 16.1 Å². The van der Waals surface area contributed by atoms with E-state index in [9.17, 15) is 13.2 Å². The zero-order valence-corrected chi connectivity index (χ0v) is 15.5. The molecule has 0 aliphatic rings. The Bertz CT molecular complexity index is 1010. The number of thiophene rings is 1. The van der Waals surface area contributed by atoms with Gasteiger partial charge in [-0.3, -0.25) is 9.78 Å². The first kappa shape index (κ1) is 18.2. The van der Waals surface area contributed by atoms with Gasteiger partial charge in [-0.25, -0.2) is 8.42 Å². The van der Waals surface area contributed by atoms with Gasteiger partial charge in [0.05, 0.1) is 15.8 Å². The summed E-state index contributed by atoms with van der Waals surface area (Å²) in [6.45, 7) is 1.58. The number of nitrogens with zero attached hydrogens (tertiary/aromatic N) is 3. The molecule has 11 heteroatoms. The van der Waals surface area contributed by atoms with Crippen LogP contribution in [0.2, 0.25) is 0 Å². The monoisotopic (exact) mass is 393 g/mol. The van der Waals surface area contributed by atoms with Gasteiger partial charge in [0, 0.05) is 18.6 Å². The lowest BCUT2D eigenvalue weighted by Gasteiger charge is -2.09. The number of rotatable bonds is 6. The molecule has 1 amide bonds. The molecule has 1 atom stereocenters. The molecule has 3 aromatic heterocycles. The summed E-state index contributed by atoms with van der Waals surface area (Å²) < 4.78 is 32.5. The van der Waals surface area contributed by atoms with Crippen LogP contribution >= 0.6 is 11.3 Å². The number of carbonyl (C=O) groups excluding carboxylic acids is 1. The van der Waals surface area contributed by atoms with Crippen molar-refractivity contribution in [3.63, 3.8) is 0 Å². The van der Waals surface area contributed by atoms with Crippen LogP contribution in [0.15, 0.2) is 45.3 Å². The maximum absolute atomic E-state index is 12.5. The second-order valence-corrected chi connectivity index (χ2v) is 7.87. The van der Waals surface area contributed by atoms with Crippen molar-refractivity contribution in [3.05, 3.63) is 46.6 Å². The van der Waals surface area contributed by atoms with Gasteiger partial charge in [-0.1, -0.05) is 11.2 Å². The highest BCUT2D eigenvalue weighted by Crippen LogP contribution is 2.22. The molecule has 0 radical (unpaired) electrons. The molecule has 9 nitrogen and oxygen atoms in total. The highest BCUT2D eigenvalue weighted by molar-refractivity contribution is 7.89. The largest absolute Gasteiger partial charge is 0.354 e. The van der Waals surface area contributed by atoms with Crippen LogP contribution in [0, 0.1) is 0 Å². The molecule has 3 aromatic rings. The Labute approximate surface area is 153 Å². The predicted molar refractivity (Wildman–Crippen MR) is 94.0 cm³/mol. The summed E-state index contributed by atoms with van der Waals surface area (Å²) in [6, 6.07) is 5.81. The fourth-order valence-electron chi connectivity index (χ4n) is 2.06. The van der Waals surface area contributed by atoms with Gasteiger partial charge in [-0.15, -0.1) is 11.3 Å². The SMILES string of the molecule is CNC(=O)c1cc(S(=O)(=O)N[C@H](C)c2nc(-c3ccccn3)no2)cs1. The summed E-state index contributed by atoms with van der Waals surface area (Å²) in [5.74, 6) is 0.0291. The van der Waals surface area contributed by atoms with E-state index in [1.54, 1.807) is 31.3 Å². The molecule has 0 unspecified atom stereocenters. The minimum Gasteiger partial charge on any atom is -0.354 e. The second-order valence-electron chi connectivity index (χ2n) is 5.24. The normalized spacial score (nSPS) is 12.7. The van der Waals surface area contributed by atoms with Crippen LogP contribution in [-0.4, -0.2) is 36.5 Å². The molecule has 0 aromatic carbocycles. The van der Waals surface area contributed by atoms with Gasteiger partial charge in [-0.2, -0.15) is 9.71 Å². The Kier molecular flexibility index (Phi) is 5.11. The van der Waals surface area contributed by atoms with E-state index in [-0.39, 0.29) is 22.5 Å². The van der Waals surface area contributed by atoms with E-state index in [1.165, 1.54) is 18.5 Å². The Morgan fingerprint density at radius 2 is 2.15 bits per heavy atom. The van der Waals surface area contributed by atoms with Crippen LogP contribution in [0.25, 0.3) is 11.5 Å². The molecule has 2 N–H and O–H groups in total. The number of hydrogen-bond donors (Lipinski definition) is 2. The maximum Gasteiger partial charge on any atom is 0.261 e. The second kappa shape index (κ2) is 7.32.